The Morgan fingerprint density at radius 2 is 1.82 bits per heavy atom. The van der Waals surface area contributed by atoms with E-state index in [1.165, 1.54) is 16.7 Å². The van der Waals surface area contributed by atoms with E-state index in [0.717, 1.165) is 17.0 Å². The van der Waals surface area contributed by atoms with Gasteiger partial charge in [0.05, 0.1) is 18.0 Å². The quantitative estimate of drug-likeness (QED) is 0.717. The molecule has 1 aliphatic heterocycles. The normalized spacial score (nSPS) is 16.4. The van der Waals surface area contributed by atoms with Crippen molar-refractivity contribution in [1.29, 1.82) is 0 Å². The zero-order valence-electron chi connectivity index (χ0n) is 15.8. The minimum absolute atomic E-state index is 0.0189. The van der Waals surface area contributed by atoms with Crippen molar-refractivity contribution in [3.63, 3.8) is 0 Å². The molecule has 7 heteroatoms. The van der Waals surface area contributed by atoms with E-state index in [9.17, 15) is 14.4 Å². The van der Waals surface area contributed by atoms with Crippen LogP contribution in [0.1, 0.15) is 26.2 Å². The summed E-state index contributed by atoms with van der Waals surface area (Å²) in [6.45, 7) is 1.95. The molecule has 1 aliphatic rings. The number of anilines is 2. The minimum atomic E-state index is -0.463. The van der Waals surface area contributed by atoms with Gasteiger partial charge in [0.15, 0.2) is 0 Å². The number of ether oxygens (including phenoxy) is 1. The Bertz CT molecular complexity index is 865. The fourth-order valence-corrected chi connectivity index (χ4v) is 3.98. The lowest BCUT2D eigenvalue weighted by molar-refractivity contribution is -0.121. The zero-order chi connectivity index (χ0) is 20.1. The number of hydrogen-bond donors (Lipinski definition) is 1. The van der Waals surface area contributed by atoms with Gasteiger partial charge >= 0.3 is 0 Å². The third-order valence-corrected chi connectivity index (χ3v) is 5.53. The summed E-state index contributed by atoms with van der Waals surface area (Å²) in [6, 6.07) is 14.2. The fraction of sp³-hybridized carbons (Fsp3) is 0.286. The molecule has 0 spiro atoms. The molecular formula is C21H22N2O4S. The monoisotopic (exact) mass is 398 g/mol. The summed E-state index contributed by atoms with van der Waals surface area (Å²) in [5.74, 6) is 0.214. The lowest BCUT2D eigenvalue weighted by Crippen LogP contribution is -2.31. The van der Waals surface area contributed by atoms with Crippen LogP contribution in [0, 0.1) is 0 Å². The van der Waals surface area contributed by atoms with E-state index in [4.69, 9.17) is 4.74 Å². The number of nitrogens with zero attached hydrogens (tertiary/aromatic N) is 1. The van der Waals surface area contributed by atoms with Gasteiger partial charge in [-0.3, -0.25) is 14.4 Å². The van der Waals surface area contributed by atoms with Crippen LogP contribution in [0.25, 0.3) is 0 Å². The summed E-state index contributed by atoms with van der Waals surface area (Å²) in [4.78, 5) is 38.9. The van der Waals surface area contributed by atoms with Gasteiger partial charge in [0.1, 0.15) is 5.75 Å². The molecule has 1 heterocycles. The molecule has 3 amide bonds. The van der Waals surface area contributed by atoms with Crippen molar-refractivity contribution >= 4 is 40.9 Å². The maximum Gasteiger partial charge on any atom is 0.247 e. The van der Waals surface area contributed by atoms with Crippen LogP contribution in [-0.4, -0.2) is 30.1 Å². The number of amides is 3. The predicted octanol–water partition coefficient (Wildman–Crippen LogP) is 3.86. The molecule has 3 rings (SSSR count). The lowest BCUT2D eigenvalue weighted by atomic mass is 10.3. The molecule has 6 nitrogen and oxygen atoms in total. The average Bonchev–Trinajstić information content (AvgIpc) is 2.97. The maximum atomic E-state index is 12.8. The van der Waals surface area contributed by atoms with Crippen molar-refractivity contribution in [3.05, 3.63) is 48.5 Å². The van der Waals surface area contributed by atoms with Crippen LogP contribution < -0.4 is 15.0 Å². The highest BCUT2D eigenvalue weighted by Gasteiger charge is 2.40. The van der Waals surface area contributed by atoms with Gasteiger partial charge in [0.2, 0.25) is 17.7 Å². The van der Waals surface area contributed by atoms with Crippen molar-refractivity contribution in [2.24, 2.45) is 0 Å². The van der Waals surface area contributed by atoms with Crippen LogP contribution in [0.15, 0.2) is 53.4 Å². The Morgan fingerprint density at radius 3 is 2.43 bits per heavy atom. The van der Waals surface area contributed by atoms with E-state index in [-0.39, 0.29) is 24.1 Å². The first-order chi connectivity index (χ1) is 13.5. The Morgan fingerprint density at radius 1 is 1.14 bits per heavy atom. The molecule has 1 atom stereocenters. The molecule has 0 radical (unpaired) electrons. The van der Waals surface area contributed by atoms with Gasteiger partial charge in [-0.05, 0) is 55.0 Å². The molecule has 0 saturated carbocycles. The first-order valence-corrected chi connectivity index (χ1v) is 9.97. The van der Waals surface area contributed by atoms with Crippen LogP contribution in [-0.2, 0) is 14.4 Å². The standard InChI is InChI=1S/C21H22N2O4S/c1-3-4-19(24)22-14-5-11-17(12-6-14)28-18-13-20(25)23(21(18)26)15-7-9-16(27-2)10-8-15/h5-12,18H,3-4,13H2,1-2H3,(H,22,24)/t18-/m1/s1. The van der Waals surface area contributed by atoms with Gasteiger partial charge in [0.25, 0.3) is 0 Å². The number of thioether (sulfide) groups is 1. The lowest BCUT2D eigenvalue weighted by Gasteiger charge is -2.15. The minimum Gasteiger partial charge on any atom is -0.497 e. The third kappa shape index (κ3) is 4.54. The molecule has 28 heavy (non-hydrogen) atoms. The average molecular weight is 398 g/mol. The second-order valence-corrected chi connectivity index (χ2v) is 7.67. The van der Waals surface area contributed by atoms with Crippen molar-refractivity contribution in [1.82, 2.24) is 0 Å². The van der Waals surface area contributed by atoms with Crippen LogP contribution in [0.3, 0.4) is 0 Å². The molecule has 2 aromatic rings. The number of benzene rings is 2. The highest BCUT2D eigenvalue weighted by Crippen LogP contribution is 2.34. The summed E-state index contributed by atoms with van der Waals surface area (Å²) < 4.78 is 5.11. The molecule has 1 saturated heterocycles. The molecule has 0 aromatic heterocycles. The van der Waals surface area contributed by atoms with Gasteiger partial charge in [-0.25, -0.2) is 4.90 Å². The van der Waals surface area contributed by atoms with Crippen LogP contribution >= 0.6 is 11.8 Å². The summed E-state index contributed by atoms with van der Waals surface area (Å²) in [5, 5.41) is 2.37. The summed E-state index contributed by atoms with van der Waals surface area (Å²) in [7, 11) is 1.56. The number of carbonyl (C=O) groups excluding carboxylic acids is 3. The van der Waals surface area contributed by atoms with E-state index >= 15 is 0 Å². The molecule has 1 N–H and O–H groups in total. The third-order valence-electron chi connectivity index (χ3n) is 4.33. The SMILES string of the molecule is CCCC(=O)Nc1ccc(S[C@@H]2CC(=O)N(c3ccc(OC)cc3)C2=O)cc1. The van der Waals surface area contributed by atoms with Gasteiger partial charge < -0.3 is 10.1 Å². The van der Waals surface area contributed by atoms with Crippen molar-refractivity contribution in [2.45, 2.75) is 36.3 Å². The molecule has 0 unspecified atom stereocenters. The van der Waals surface area contributed by atoms with E-state index < -0.39 is 5.25 Å². The highest BCUT2D eigenvalue weighted by atomic mass is 32.2. The summed E-state index contributed by atoms with van der Waals surface area (Å²) in [5.41, 5.74) is 1.27. The second-order valence-electron chi connectivity index (χ2n) is 6.40. The van der Waals surface area contributed by atoms with Crippen molar-refractivity contribution in [3.8, 4) is 5.75 Å². The summed E-state index contributed by atoms with van der Waals surface area (Å²) >= 11 is 1.36. The van der Waals surface area contributed by atoms with Gasteiger partial charge in [-0.15, -0.1) is 11.8 Å². The number of imide groups is 1. The fourth-order valence-electron chi connectivity index (χ4n) is 2.93. The Hall–Kier alpha value is -2.80. The maximum absolute atomic E-state index is 12.8. The largest absolute Gasteiger partial charge is 0.497 e. The van der Waals surface area contributed by atoms with Crippen molar-refractivity contribution in [2.75, 3.05) is 17.3 Å². The highest BCUT2D eigenvalue weighted by molar-refractivity contribution is 8.00. The number of carbonyl (C=O) groups is 3. The molecule has 2 aromatic carbocycles. The number of nitrogens with one attached hydrogen (secondary N) is 1. The number of rotatable bonds is 7. The summed E-state index contributed by atoms with van der Waals surface area (Å²) in [6.07, 6.45) is 1.43. The second kappa shape index (κ2) is 8.93. The zero-order valence-corrected chi connectivity index (χ0v) is 16.6. The van der Waals surface area contributed by atoms with Gasteiger partial charge in [-0.1, -0.05) is 6.92 Å². The molecular weight excluding hydrogens is 376 g/mol. The molecule has 0 aliphatic carbocycles. The number of methoxy groups -OCH3 is 1. The van der Waals surface area contributed by atoms with E-state index in [1.54, 1.807) is 43.5 Å². The predicted molar refractivity (Wildman–Crippen MR) is 110 cm³/mol. The topological polar surface area (TPSA) is 75.7 Å². The van der Waals surface area contributed by atoms with Gasteiger partial charge in [-0.2, -0.15) is 0 Å². The van der Waals surface area contributed by atoms with E-state index in [1.807, 2.05) is 19.1 Å². The molecule has 1 fully saturated rings. The first kappa shape index (κ1) is 19.9. The van der Waals surface area contributed by atoms with Crippen molar-refractivity contribution < 1.29 is 19.1 Å². The smallest absolute Gasteiger partial charge is 0.247 e. The molecule has 0 bridgehead atoms. The van der Waals surface area contributed by atoms with Crippen LogP contribution in [0.2, 0.25) is 0 Å². The number of hydrogen-bond acceptors (Lipinski definition) is 5. The van der Waals surface area contributed by atoms with E-state index in [0.29, 0.717) is 17.9 Å². The van der Waals surface area contributed by atoms with E-state index in [2.05, 4.69) is 5.32 Å². The van der Waals surface area contributed by atoms with Crippen LogP contribution in [0.5, 0.6) is 5.75 Å². The Balaban J connectivity index is 1.65. The Kier molecular flexibility index (Phi) is 6.36. The Labute approximate surface area is 168 Å². The van der Waals surface area contributed by atoms with Gasteiger partial charge in [0, 0.05) is 23.4 Å². The molecule has 146 valence electrons. The first-order valence-electron chi connectivity index (χ1n) is 9.09. The van der Waals surface area contributed by atoms with Crippen LogP contribution in [0.4, 0.5) is 11.4 Å².